The molecule has 0 bridgehead atoms. The first-order valence-corrected chi connectivity index (χ1v) is 8.00. The van der Waals surface area contributed by atoms with Gasteiger partial charge in [-0.1, -0.05) is 34.8 Å². The van der Waals surface area contributed by atoms with Gasteiger partial charge in [0.05, 0.1) is 21.0 Å². The van der Waals surface area contributed by atoms with Gasteiger partial charge in [-0.05, 0) is 12.8 Å². The summed E-state index contributed by atoms with van der Waals surface area (Å²) in [6.45, 7) is 0. The van der Waals surface area contributed by atoms with Gasteiger partial charge in [-0.2, -0.15) is 0 Å². The summed E-state index contributed by atoms with van der Waals surface area (Å²) >= 11 is 20.2. The maximum Gasteiger partial charge on any atom is 0.158 e. The Morgan fingerprint density at radius 2 is 2.05 bits per heavy atom. The van der Waals surface area contributed by atoms with E-state index < -0.39 is 0 Å². The third-order valence-electron chi connectivity index (χ3n) is 3.23. The van der Waals surface area contributed by atoms with Gasteiger partial charge in [0.15, 0.2) is 11.5 Å². The van der Waals surface area contributed by atoms with E-state index in [1.807, 2.05) is 0 Å². The van der Waals surface area contributed by atoms with E-state index in [0.29, 0.717) is 32.5 Å². The Morgan fingerprint density at radius 3 is 2.70 bits per heavy atom. The van der Waals surface area contributed by atoms with Crippen LogP contribution in [-0.2, 0) is 0 Å². The molecule has 0 radical (unpaired) electrons. The van der Waals surface area contributed by atoms with Crippen molar-refractivity contribution in [2.75, 3.05) is 0 Å². The third kappa shape index (κ3) is 1.92. The molecule has 4 nitrogen and oxygen atoms in total. The molecule has 0 atom stereocenters. The molecule has 1 aliphatic carbocycles. The van der Waals surface area contributed by atoms with E-state index >= 15 is 0 Å². The number of pyridine rings is 1. The first kappa shape index (κ1) is 12.8. The molecule has 0 aromatic carbocycles. The summed E-state index contributed by atoms with van der Waals surface area (Å²) in [5.74, 6) is 1.29. The molecule has 3 heterocycles. The Balaban J connectivity index is 1.99. The molecule has 0 spiro atoms. The van der Waals surface area contributed by atoms with Crippen molar-refractivity contribution in [2.45, 2.75) is 18.8 Å². The van der Waals surface area contributed by atoms with Crippen molar-refractivity contribution in [1.82, 2.24) is 19.6 Å². The highest BCUT2D eigenvalue weighted by molar-refractivity contribution is 7.14. The number of hydrogen-bond donors (Lipinski definition) is 0. The van der Waals surface area contributed by atoms with E-state index in [2.05, 4.69) is 15.1 Å². The average molecular weight is 346 g/mol. The van der Waals surface area contributed by atoms with Crippen molar-refractivity contribution in [1.29, 1.82) is 0 Å². The van der Waals surface area contributed by atoms with E-state index in [-0.39, 0.29) is 0 Å². The van der Waals surface area contributed by atoms with Crippen LogP contribution in [0.2, 0.25) is 15.3 Å². The molecule has 8 heteroatoms. The summed E-state index contributed by atoms with van der Waals surface area (Å²) in [5.41, 5.74) is 2.97. The van der Waals surface area contributed by atoms with E-state index in [0.717, 1.165) is 23.5 Å². The lowest BCUT2D eigenvalue weighted by molar-refractivity contribution is 0.879. The van der Waals surface area contributed by atoms with Crippen molar-refractivity contribution >= 4 is 51.8 Å². The third-order valence-corrected chi connectivity index (χ3v) is 5.12. The minimum atomic E-state index is 0.390. The Labute approximate surface area is 133 Å². The topological polar surface area (TPSA) is 43.1 Å². The number of nitrogens with zero attached hydrogens (tertiary/aromatic N) is 4. The predicted octanol–water partition coefficient (Wildman–Crippen LogP) is 4.69. The molecule has 0 amide bonds. The molecule has 0 saturated heterocycles. The number of halogens is 3. The highest BCUT2D eigenvalue weighted by Gasteiger charge is 2.29. The Hall–Kier alpha value is -0.880. The zero-order valence-electron chi connectivity index (χ0n) is 9.98. The molecule has 102 valence electrons. The monoisotopic (exact) mass is 344 g/mol. The quantitative estimate of drug-likeness (QED) is 0.633. The fourth-order valence-electron chi connectivity index (χ4n) is 2.08. The average Bonchev–Trinajstić information content (AvgIpc) is 3.05. The lowest BCUT2D eigenvalue weighted by atomic mass is 10.2. The molecule has 1 aliphatic rings. The van der Waals surface area contributed by atoms with Crippen LogP contribution in [0.5, 0.6) is 0 Å². The summed E-state index contributed by atoms with van der Waals surface area (Å²) in [5, 5.41) is 5.78. The van der Waals surface area contributed by atoms with Crippen LogP contribution in [-0.4, -0.2) is 19.6 Å². The van der Waals surface area contributed by atoms with Crippen molar-refractivity contribution in [2.24, 2.45) is 0 Å². The Kier molecular flexibility index (Phi) is 2.93. The normalized spacial score (nSPS) is 15.2. The Morgan fingerprint density at radius 1 is 1.25 bits per heavy atom. The second-order valence-corrected chi connectivity index (χ2v) is 6.62. The molecule has 1 fully saturated rings. The first-order valence-electron chi connectivity index (χ1n) is 5.99. The zero-order chi connectivity index (χ0) is 13.9. The Bertz CT molecular complexity index is 822. The number of hydrogen-bond acceptors (Lipinski definition) is 4. The molecular formula is C12H7Cl3N4S. The smallest absolute Gasteiger partial charge is 0.158 e. The largest absolute Gasteiger partial charge is 0.232 e. The van der Waals surface area contributed by atoms with Crippen LogP contribution in [0.3, 0.4) is 0 Å². The molecule has 4 rings (SSSR count). The fraction of sp³-hybridized carbons (Fsp3) is 0.250. The summed E-state index contributed by atoms with van der Waals surface area (Å²) in [7, 11) is 0. The van der Waals surface area contributed by atoms with E-state index in [4.69, 9.17) is 34.8 Å². The van der Waals surface area contributed by atoms with Gasteiger partial charge in [-0.25, -0.2) is 14.5 Å². The van der Waals surface area contributed by atoms with Crippen LogP contribution < -0.4 is 0 Å². The van der Waals surface area contributed by atoms with Crippen molar-refractivity contribution in [3.05, 3.63) is 32.7 Å². The predicted molar refractivity (Wildman–Crippen MR) is 81.1 cm³/mol. The van der Waals surface area contributed by atoms with Gasteiger partial charge in [0, 0.05) is 12.0 Å². The fourth-order valence-corrected chi connectivity index (χ4v) is 3.92. The highest BCUT2D eigenvalue weighted by atomic mass is 35.5. The second kappa shape index (κ2) is 4.56. The minimum Gasteiger partial charge on any atom is -0.232 e. The molecular weight excluding hydrogens is 339 g/mol. The van der Waals surface area contributed by atoms with Crippen LogP contribution in [0.25, 0.3) is 16.1 Å². The van der Waals surface area contributed by atoms with Gasteiger partial charge >= 0.3 is 0 Å². The van der Waals surface area contributed by atoms with E-state index in [9.17, 15) is 0 Å². The summed E-state index contributed by atoms with van der Waals surface area (Å²) in [6, 6.07) is 1.76. The van der Waals surface area contributed by atoms with Gasteiger partial charge in [-0.3, -0.25) is 0 Å². The van der Waals surface area contributed by atoms with Crippen LogP contribution >= 0.6 is 46.1 Å². The highest BCUT2D eigenvalue weighted by Crippen LogP contribution is 2.42. The lowest BCUT2D eigenvalue weighted by Crippen LogP contribution is -1.94. The van der Waals surface area contributed by atoms with Crippen LogP contribution in [0.15, 0.2) is 11.6 Å². The number of fused-ring (bicyclic) bond motifs is 1. The van der Waals surface area contributed by atoms with Crippen molar-refractivity contribution in [3.8, 4) is 10.4 Å². The van der Waals surface area contributed by atoms with Crippen molar-refractivity contribution in [3.63, 3.8) is 0 Å². The van der Waals surface area contributed by atoms with E-state index in [1.54, 1.807) is 16.1 Å². The molecule has 20 heavy (non-hydrogen) atoms. The minimum absolute atomic E-state index is 0.390. The molecule has 1 saturated carbocycles. The van der Waals surface area contributed by atoms with Crippen LogP contribution in [0.1, 0.15) is 24.6 Å². The number of aromatic nitrogens is 4. The molecule has 3 aromatic heterocycles. The van der Waals surface area contributed by atoms with Gasteiger partial charge < -0.3 is 0 Å². The summed E-state index contributed by atoms with van der Waals surface area (Å²) in [4.78, 5) is 9.24. The number of thiazole rings is 1. The second-order valence-electron chi connectivity index (χ2n) is 4.64. The van der Waals surface area contributed by atoms with Crippen LogP contribution in [0, 0.1) is 0 Å². The number of rotatable bonds is 2. The van der Waals surface area contributed by atoms with E-state index in [1.165, 1.54) is 11.3 Å². The van der Waals surface area contributed by atoms with Gasteiger partial charge in [0.1, 0.15) is 10.3 Å². The molecule has 0 unspecified atom stereocenters. The lowest BCUT2D eigenvalue weighted by Gasteiger charge is -2.06. The van der Waals surface area contributed by atoms with Crippen molar-refractivity contribution < 1.29 is 0 Å². The SMILES string of the molecule is Clc1cc2nc(C3CC3)nn2c(Cl)c1-c1scnc1Cl. The van der Waals surface area contributed by atoms with Crippen LogP contribution in [0.4, 0.5) is 0 Å². The van der Waals surface area contributed by atoms with Gasteiger partial charge in [0.2, 0.25) is 0 Å². The van der Waals surface area contributed by atoms with Gasteiger partial charge in [0.25, 0.3) is 0 Å². The maximum atomic E-state index is 6.44. The standard InChI is InChI=1S/C12H7Cl3N4S/c13-6-3-7-17-12(5-1-2-5)18-19(7)11(15)8(6)9-10(14)16-4-20-9/h3-5H,1-2H2. The molecule has 3 aromatic rings. The molecule has 0 N–H and O–H groups in total. The van der Waals surface area contributed by atoms with Gasteiger partial charge in [-0.15, -0.1) is 16.4 Å². The first-order chi connectivity index (χ1) is 9.65. The summed E-state index contributed by atoms with van der Waals surface area (Å²) in [6.07, 6.45) is 2.27. The summed E-state index contributed by atoms with van der Waals surface area (Å²) < 4.78 is 1.62. The maximum absolute atomic E-state index is 6.44. The zero-order valence-corrected chi connectivity index (χ0v) is 13.1. The molecule has 0 aliphatic heterocycles.